The molecule has 1 aromatic rings. The van der Waals surface area contributed by atoms with Gasteiger partial charge in [-0.1, -0.05) is 11.6 Å². The highest BCUT2D eigenvalue weighted by Crippen LogP contribution is 2.33. The maximum atomic E-state index is 11.5. The van der Waals surface area contributed by atoms with Gasteiger partial charge in [-0.3, -0.25) is 4.79 Å². The van der Waals surface area contributed by atoms with Crippen LogP contribution in [0.25, 0.3) is 0 Å². The molecule has 1 nitrogen and oxygen atoms in total. The second kappa shape index (κ2) is 3.43. The van der Waals surface area contributed by atoms with Gasteiger partial charge in [-0.2, -0.15) is 0 Å². The van der Waals surface area contributed by atoms with Gasteiger partial charge in [0.15, 0.2) is 5.78 Å². The third-order valence-corrected chi connectivity index (χ3v) is 3.65. The lowest BCUT2D eigenvalue weighted by molar-refractivity contribution is 0.0972. The Hall–Kier alpha value is -0.340. The molecule has 0 aromatic heterocycles. The van der Waals surface area contributed by atoms with Crippen molar-refractivity contribution in [3.63, 3.8) is 0 Å². The quantitative estimate of drug-likeness (QED) is 0.695. The summed E-state index contributed by atoms with van der Waals surface area (Å²) in [4.78, 5) is 11.5. The Labute approximate surface area is 90.2 Å². The number of carbonyl (C=O) groups is 1. The summed E-state index contributed by atoms with van der Waals surface area (Å²) in [7, 11) is 0. The molecular formula is C10H8BrClO. The van der Waals surface area contributed by atoms with Crippen LogP contribution < -0.4 is 0 Å². The lowest BCUT2D eigenvalue weighted by Gasteiger charge is -2.16. The Balaban J connectivity index is 2.63. The van der Waals surface area contributed by atoms with E-state index in [1.54, 1.807) is 0 Å². The van der Waals surface area contributed by atoms with Crippen LogP contribution in [-0.2, 0) is 6.42 Å². The van der Waals surface area contributed by atoms with E-state index in [9.17, 15) is 4.79 Å². The number of fused-ring (bicyclic) bond motifs is 1. The number of halogens is 2. The minimum Gasteiger partial charge on any atom is -0.294 e. The molecule has 0 saturated heterocycles. The van der Waals surface area contributed by atoms with Crippen molar-refractivity contribution in [2.75, 3.05) is 0 Å². The van der Waals surface area contributed by atoms with Gasteiger partial charge in [0.25, 0.3) is 0 Å². The summed E-state index contributed by atoms with van der Waals surface area (Å²) in [6.45, 7) is 0. The minimum absolute atomic E-state index is 0.218. The zero-order valence-corrected chi connectivity index (χ0v) is 9.28. The standard InChI is InChI=1S/C10H8BrClO/c11-8-5-4-6-7(10(8)12)2-1-3-9(6)13/h4-5H,1-3H2. The monoisotopic (exact) mass is 258 g/mol. The number of carbonyl (C=O) groups excluding carboxylic acids is 1. The fourth-order valence-corrected chi connectivity index (χ4v) is 2.29. The van der Waals surface area contributed by atoms with Crippen LogP contribution in [0.2, 0.25) is 5.02 Å². The summed E-state index contributed by atoms with van der Waals surface area (Å²) in [6, 6.07) is 3.69. The lowest BCUT2D eigenvalue weighted by atomic mass is 9.91. The molecule has 3 heteroatoms. The minimum atomic E-state index is 0.218. The Morgan fingerprint density at radius 1 is 1.31 bits per heavy atom. The van der Waals surface area contributed by atoms with Crippen molar-refractivity contribution in [1.82, 2.24) is 0 Å². The molecule has 0 saturated carbocycles. The first-order chi connectivity index (χ1) is 6.20. The summed E-state index contributed by atoms with van der Waals surface area (Å²) in [5, 5.41) is 0.700. The van der Waals surface area contributed by atoms with E-state index in [1.807, 2.05) is 12.1 Å². The van der Waals surface area contributed by atoms with Crippen LogP contribution in [-0.4, -0.2) is 5.78 Å². The van der Waals surface area contributed by atoms with E-state index in [2.05, 4.69) is 15.9 Å². The number of hydrogen-bond acceptors (Lipinski definition) is 1. The van der Waals surface area contributed by atoms with E-state index in [4.69, 9.17) is 11.6 Å². The Bertz CT molecular complexity index is 373. The summed E-state index contributed by atoms with van der Waals surface area (Å²) in [5.41, 5.74) is 1.81. The second-order valence-electron chi connectivity index (χ2n) is 3.16. The third kappa shape index (κ3) is 1.53. The molecule has 1 aliphatic carbocycles. The van der Waals surface area contributed by atoms with Crippen molar-refractivity contribution in [3.8, 4) is 0 Å². The molecular weight excluding hydrogens is 251 g/mol. The van der Waals surface area contributed by atoms with Gasteiger partial charge in [0.2, 0.25) is 0 Å². The molecule has 0 atom stereocenters. The van der Waals surface area contributed by atoms with E-state index >= 15 is 0 Å². The molecule has 0 spiro atoms. The molecule has 0 unspecified atom stereocenters. The van der Waals surface area contributed by atoms with Gasteiger partial charge >= 0.3 is 0 Å². The van der Waals surface area contributed by atoms with E-state index < -0.39 is 0 Å². The van der Waals surface area contributed by atoms with Crippen LogP contribution in [0, 0.1) is 0 Å². The first-order valence-corrected chi connectivity index (χ1v) is 5.37. The largest absolute Gasteiger partial charge is 0.294 e. The van der Waals surface area contributed by atoms with Crippen LogP contribution in [0.4, 0.5) is 0 Å². The highest BCUT2D eigenvalue weighted by atomic mass is 79.9. The molecule has 0 N–H and O–H groups in total. The van der Waals surface area contributed by atoms with Crippen LogP contribution in [0.3, 0.4) is 0 Å². The normalized spacial score (nSPS) is 15.7. The SMILES string of the molecule is O=C1CCCc2c1ccc(Br)c2Cl. The average Bonchev–Trinajstić information content (AvgIpc) is 2.12. The molecule has 1 aromatic carbocycles. The van der Waals surface area contributed by atoms with Gasteiger partial charge in [0.1, 0.15) is 0 Å². The van der Waals surface area contributed by atoms with Crippen LogP contribution in [0.1, 0.15) is 28.8 Å². The summed E-state index contributed by atoms with van der Waals surface area (Å²) >= 11 is 9.43. The van der Waals surface area contributed by atoms with Gasteiger partial charge in [-0.05, 0) is 46.5 Å². The number of ketones is 1. The van der Waals surface area contributed by atoms with E-state index in [-0.39, 0.29) is 5.78 Å². The number of benzene rings is 1. The van der Waals surface area contributed by atoms with Crippen molar-refractivity contribution in [3.05, 3.63) is 32.8 Å². The highest BCUT2D eigenvalue weighted by Gasteiger charge is 2.20. The zero-order chi connectivity index (χ0) is 9.42. The van der Waals surface area contributed by atoms with Gasteiger partial charge < -0.3 is 0 Å². The van der Waals surface area contributed by atoms with Crippen LogP contribution in [0.15, 0.2) is 16.6 Å². The van der Waals surface area contributed by atoms with E-state index in [0.717, 1.165) is 28.4 Å². The van der Waals surface area contributed by atoms with E-state index in [0.29, 0.717) is 11.4 Å². The molecule has 0 fully saturated rings. The first-order valence-electron chi connectivity index (χ1n) is 4.20. The third-order valence-electron chi connectivity index (χ3n) is 2.33. The maximum Gasteiger partial charge on any atom is 0.163 e. The molecule has 1 aliphatic rings. The number of Topliss-reactive ketones (excluding diaryl/α,β-unsaturated/α-hetero) is 1. The molecule has 13 heavy (non-hydrogen) atoms. The van der Waals surface area contributed by atoms with Gasteiger partial charge in [-0.15, -0.1) is 0 Å². The molecule has 68 valence electrons. The van der Waals surface area contributed by atoms with Crippen molar-refractivity contribution >= 4 is 33.3 Å². The molecule has 0 amide bonds. The fraction of sp³-hybridized carbons (Fsp3) is 0.300. The van der Waals surface area contributed by atoms with Crippen molar-refractivity contribution in [1.29, 1.82) is 0 Å². The first kappa shape index (κ1) is 9.22. The molecule has 0 bridgehead atoms. The Kier molecular flexibility index (Phi) is 2.43. The highest BCUT2D eigenvalue weighted by molar-refractivity contribution is 9.10. The van der Waals surface area contributed by atoms with Gasteiger partial charge in [0.05, 0.1) is 5.02 Å². The predicted octanol–water partition coefficient (Wildman–Crippen LogP) is 3.62. The molecule has 0 aliphatic heterocycles. The molecule has 2 rings (SSSR count). The molecule has 0 radical (unpaired) electrons. The topological polar surface area (TPSA) is 17.1 Å². The molecule has 0 heterocycles. The summed E-state index contributed by atoms with van der Waals surface area (Å²) in [5.74, 6) is 0.218. The zero-order valence-electron chi connectivity index (χ0n) is 6.94. The fourth-order valence-electron chi connectivity index (χ4n) is 1.66. The van der Waals surface area contributed by atoms with Gasteiger partial charge in [-0.25, -0.2) is 0 Å². The number of rotatable bonds is 0. The Morgan fingerprint density at radius 2 is 2.08 bits per heavy atom. The summed E-state index contributed by atoms with van der Waals surface area (Å²) in [6.07, 6.45) is 2.49. The van der Waals surface area contributed by atoms with Gasteiger partial charge in [0, 0.05) is 16.5 Å². The smallest absolute Gasteiger partial charge is 0.163 e. The average molecular weight is 260 g/mol. The van der Waals surface area contributed by atoms with Crippen LogP contribution >= 0.6 is 27.5 Å². The predicted molar refractivity (Wildman–Crippen MR) is 56.4 cm³/mol. The van der Waals surface area contributed by atoms with Crippen molar-refractivity contribution < 1.29 is 4.79 Å². The maximum absolute atomic E-state index is 11.5. The second-order valence-corrected chi connectivity index (χ2v) is 4.40. The van der Waals surface area contributed by atoms with Crippen molar-refractivity contribution in [2.24, 2.45) is 0 Å². The number of hydrogen-bond donors (Lipinski definition) is 0. The lowest BCUT2D eigenvalue weighted by Crippen LogP contribution is -2.11. The van der Waals surface area contributed by atoms with E-state index in [1.165, 1.54) is 0 Å². The summed E-state index contributed by atoms with van der Waals surface area (Å²) < 4.78 is 0.877. The Morgan fingerprint density at radius 3 is 2.85 bits per heavy atom. The van der Waals surface area contributed by atoms with Crippen molar-refractivity contribution in [2.45, 2.75) is 19.3 Å². The van der Waals surface area contributed by atoms with Crippen LogP contribution in [0.5, 0.6) is 0 Å².